The van der Waals surface area contributed by atoms with Crippen molar-refractivity contribution < 1.29 is 4.79 Å². The Balaban J connectivity index is 2.03. The lowest BCUT2D eigenvalue weighted by atomic mass is 10.1. The van der Waals surface area contributed by atoms with Gasteiger partial charge >= 0.3 is 6.03 Å². The third-order valence-electron chi connectivity index (χ3n) is 3.90. The second kappa shape index (κ2) is 7.78. The molecule has 1 amide bonds. The number of amides is 1. The van der Waals surface area contributed by atoms with Crippen molar-refractivity contribution in [2.24, 2.45) is 0 Å². The summed E-state index contributed by atoms with van der Waals surface area (Å²) in [5, 5.41) is 7.24. The summed E-state index contributed by atoms with van der Waals surface area (Å²) in [6.45, 7) is 6.32. The molecule has 4 nitrogen and oxygen atoms in total. The van der Waals surface area contributed by atoms with Crippen LogP contribution in [0.4, 0.5) is 4.79 Å². The minimum Gasteiger partial charge on any atom is -0.333 e. The molecule has 0 saturated heterocycles. The molecule has 1 aromatic heterocycles. The normalized spacial score (nSPS) is 12.1. The van der Waals surface area contributed by atoms with E-state index in [-0.39, 0.29) is 12.1 Å². The van der Waals surface area contributed by atoms with E-state index < -0.39 is 0 Å². The summed E-state index contributed by atoms with van der Waals surface area (Å²) in [4.78, 5) is 12.3. The number of benzene rings is 1. The summed E-state index contributed by atoms with van der Waals surface area (Å²) in [5.41, 5.74) is 3.25. The number of nitrogens with zero attached hydrogens (tertiary/aromatic N) is 2. The molecule has 1 aromatic carbocycles. The summed E-state index contributed by atoms with van der Waals surface area (Å²) >= 11 is 0. The zero-order valence-electron chi connectivity index (χ0n) is 13.7. The second-order valence-electron chi connectivity index (χ2n) is 5.74. The number of aryl methyl sites for hydroxylation is 1. The van der Waals surface area contributed by atoms with Crippen molar-refractivity contribution in [3.8, 4) is 11.1 Å². The molecule has 0 aliphatic carbocycles. The molecular formula is C18H25N3O. The van der Waals surface area contributed by atoms with E-state index in [1.54, 1.807) is 12.4 Å². The monoisotopic (exact) mass is 299 g/mol. The number of hydrogen-bond acceptors (Lipinski definition) is 2. The van der Waals surface area contributed by atoms with Crippen LogP contribution in [0.25, 0.3) is 11.1 Å². The average molecular weight is 299 g/mol. The van der Waals surface area contributed by atoms with E-state index >= 15 is 0 Å². The Labute approximate surface area is 132 Å². The highest BCUT2D eigenvalue weighted by molar-refractivity contribution is 5.77. The van der Waals surface area contributed by atoms with Gasteiger partial charge in [-0.3, -0.25) is 0 Å². The zero-order chi connectivity index (χ0) is 15.9. The standard InChI is InChI=1S/C18H25N3O/c1-4-6-7-17(5-2)20-18(22)21-13-16(12-19-21)15-10-8-14(3)9-11-15/h8-13,17H,4-7H2,1-3H3,(H,20,22). The Kier molecular flexibility index (Phi) is 5.75. The van der Waals surface area contributed by atoms with Crippen LogP contribution in [0.1, 0.15) is 45.1 Å². The molecule has 0 spiro atoms. The highest BCUT2D eigenvalue weighted by Gasteiger charge is 2.13. The Bertz CT molecular complexity index is 601. The molecule has 1 atom stereocenters. The van der Waals surface area contributed by atoms with E-state index in [9.17, 15) is 4.79 Å². The van der Waals surface area contributed by atoms with Crippen LogP contribution in [0.2, 0.25) is 0 Å². The van der Waals surface area contributed by atoms with E-state index in [0.717, 1.165) is 36.8 Å². The van der Waals surface area contributed by atoms with Gasteiger partial charge in [-0.1, -0.05) is 56.5 Å². The number of rotatable bonds is 6. The minimum atomic E-state index is -0.152. The van der Waals surface area contributed by atoms with Crippen LogP contribution in [-0.2, 0) is 0 Å². The second-order valence-corrected chi connectivity index (χ2v) is 5.74. The van der Waals surface area contributed by atoms with Crippen LogP contribution in [0.15, 0.2) is 36.7 Å². The lowest BCUT2D eigenvalue weighted by molar-refractivity contribution is 0.234. The molecular weight excluding hydrogens is 274 g/mol. The van der Waals surface area contributed by atoms with E-state index in [2.05, 4.69) is 43.3 Å². The molecule has 4 heteroatoms. The molecule has 118 valence electrons. The molecule has 0 aliphatic rings. The van der Waals surface area contributed by atoms with Crippen molar-refractivity contribution >= 4 is 6.03 Å². The van der Waals surface area contributed by atoms with E-state index in [4.69, 9.17) is 0 Å². The van der Waals surface area contributed by atoms with Gasteiger partial charge in [0.25, 0.3) is 0 Å². The van der Waals surface area contributed by atoms with E-state index in [0.29, 0.717) is 0 Å². The van der Waals surface area contributed by atoms with Crippen LogP contribution in [0.3, 0.4) is 0 Å². The molecule has 22 heavy (non-hydrogen) atoms. The Hall–Kier alpha value is -2.10. The van der Waals surface area contributed by atoms with Gasteiger partial charge in [-0.15, -0.1) is 0 Å². The molecule has 1 N–H and O–H groups in total. The SMILES string of the molecule is CCCCC(CC)NC(=O)n1cc(-c2ccc(C)cc2)cn1. The predicted octanol–water partition coefficient (Wildman–Crippen LogP) is 4.39. The first kappa shape index (κ1) is 16.3. The van der Waals surface area contributed by atoms with Gasteiger partial charge in [0.15, 0.2) is 0 Å². The smallest absolute Gasteiger partial charge is 0.333 e. The van der Waals surface area contributed by atoms with E-state index in [1.165, 1.54) is 10.2 Å². The maximum Gasteiger partial charge on any atom is 0.342 e. The number of unbranched alkanes of at least 4 members (excludes halogenated alkanes) is 1. The molecule has 2 aromatic rings. The van der Waals surface area contributed by atoms with Crippen LogP contribution in [0, 0.1) is 6.92 Å². The minimum absolute atomic E-state index is 0.152. The third-order valence-corrected chi connectivity index (χ3v) is 3.90. The highest BCUT2D eigenvalue weighted by Crippen LogP contribution is 2.18. The number of carbonyl (C=O) groups excluding carboxylic acids is 1. The van der Waals surface area contributed by atoms with Gasteiger partial charge in [0.2, 0.25) is 0 Å². The Morgan fingerprint density at radius 2 is 1.95 bits per heavy atom. The van der Waals surface area contributed by atoms with Crippen LogP contribution in [0.5, 0.6) is 0 Å². The van der Waals surface area contributed by atoms with Crippen molar-refractivity contribution in [3.63, 3.8) is 0 Å². The molecule has 2 rings (SSSR count). The average Bonchev–Trinajstić information content (AvgIpc) is 3.02. The van der Waals surface area contributed by atoms with Crippen molar-refractivity contribution in [2.45, 2.75) is 52.5 Å². The zero-order valence-corrected chi connectivity index (χ0v) is 13.7. The predicted molar refractivity (Wildman–Crippen MR) is 89.9 cm³/mol. The summed E-state index contributed by atoms with van der Waals surface area (Å²) in [6.07, 6.45) is 7.75. The van der Waals surface area contributed by atoms with Gasteiger partial charge < -0.3 is 5.32 Å². The number of nitrogens with one attached hydrogen (secondary N) is 1. The maximum atomic E-state index is 12.3. The molecule has 0 aliphatic heterocycles. The largest absolute Gasteiger partial charge is 0.342 e. The highest BCUT2D eigenvalue weighted by atomic mass is 16.2. The molecule has 0 bridgehead atoms. The fourth-order valence-corrected chi connectivity index (χ4v) is 2.40. The molecule has 0 saturated carbocycles. The molecule has 1 unspecified atom stereocenters. The number of aromatic nitrogens is 2. The lowest BCUT2D eigenvalue weighted by Gasteiger charge is -2.16. The molecule has 0 fully saturated rings. The van der Waals surface area contributed by atoms with Gasteiger partial charge in [-0.2, -0.15) is 9.78 Å². The van der Waals surface area contributed by atoms with Crippen LogP contribution in [-0.4, -0.2) is 21.9 Å². The van der Waals surface area contributed by atoms with Crippen molar-refractivity contribution in [2.75, 3.05) is 0 Å². The lowest BCUT2D eigenvalue weighted by Crippen LogP contribution is -2.37. The third kappa shape index (κ3) is 4.20. The molecule has 0 radical (unpaired) electrons. The fraction of sp³-hybridized carbons (Fsp3) is 0.444. The summed E-state index contributed by atoms with van der Waals surface area (Å²) in [6, 6.07) is 8.28. The Morgan fingerprint density at radius 3 is 2.59 bits per heavy atom. The first-order chi connectivity index (χ1) is 10.6. The van der Waals surface area contributed by atoms with Gasteiger partial charge in [0, 0.05) is 17.8 Å². The van der Waals surface area contributed by atoms with Crippen molar-refractivity contribution in [1.29, 1.82) is 0 Å². The first-order valence-electron chi connectivity index (χ1n) is 8.06. The summed E-state index contributed by atoms with van der Waals surface area (Å²) in [7, 11) is 0. The van der Waals surface area contributed by atoms with Gasteiger partial charge in [0.1, 0.15) is 0 Å². The Morgan fingerprint density at radius 1 is 1.23 bits per heavy atom. The fourth-order valence-electron chi connectivity index (χ4n) is 2.40. The quantitative estimate of drug-likeness (QED) is 0.860. The summed E-state index contributed by atoms with van der Waals surface area (Å²) in [5.74, 6) is 0. The first-order valence-corrected chi connectivity index (χ1v) is 8.06. The van der Waals surface area contributed by atoms with Crippen LogP contribution < -0.4 is 5.32 Å². The van der Waals surface area contributed by atoms with Crippen molar-refractivity contribution in [1.82, 2.24) is 15.1 Å². The molecule has 1 heterocycles. The topological polar surface area (TPSA) is 46.9 Å². The maximum absolute atomic E-state index is 12.3. The van der Waals surface area contributed by atoms with E-state index in [1.807, 2.05) is 12.1 Å². The summed E-state index contributed by atoms with van der Waals surface area (Å²) < 4.78 is 1.39. The van der Waals surface area contributed by atoms with Gasteiger partial charge in [0.05, 0.1) is 6.20 Å². The van der Waals surface area contributed by atoms with Crippen molar-refractivity contribution in [3.05, 3.63) is 42.2 Å². The number of hydrogen-bond donors (Lipinski definition) is 1. The van der Waals surface area contributed by atoms with Crippen LogP contribution >= 0.6 is 0 Å². The van der Waals surface area contributed by atoms with Gasteiger partial charge in [-0.25, -0.2) is 4.79 Å². The number of carbonyl (C=O) groups is 1. The van der Waals surface area contributed by atoms with Gasteiger partial charge in [-0.05, 0) is 25.3 Å².